The molecule has 0 N–H and O–H groups in total. The van der Waals surface area contributed by atoms with E-state index in [0.717, 1.165) is 30.2 Å². The van der Waals surface area contributed by atoms with Crippen LogP contribution >= 0.6 is 23.2 Å². The lowest BCUT2D eigenvalue weighted by Crippen LogP contribution is -2.56. The lowest BCUT2D eigenvalue weighted by Gasteiger charge is -2.39. The van der Waals surface area contributed by atoms with E-state index in [2.05, 4.69) is 33.3 Å². The molecule has 0 unspecified atom stereocenters. The Morgan fingerprint density at radius 3 is 2.79 bits per heavy atom. The number of ether oxygens (including phenoxy) is 1. The highest BCUT2D eigenvalue weighted by atomic mass is 35.5. The van der Waals surface area contributed by atoms with E-state index in [4.69, 9.17) is 49.5 Å². The first-order chi connectivity index (χ1) is 20.9. The number of anilines is 1. The minimum atomic E-state index is -0.329. The monoisotopic (exact) mass is 616 g/mol. The summed E-state index contributed by atoms with van der Waals surface area (Å²) < 4.78 is 6.19. The summed E-state index contributed by atoms with van der Waals surface area (Å²) in [4.78, 5) is 41.1. The molecule has 0 bridgehead atoms. The molecule has 0 radical (unpaired) electrons. The highest BCUT2D eigenvalue weighted by Gasteiger charge is 2.33. The Bertz CT molecular complexity index is 1750. The van der Waals surface area contributed by atoms with E-state index >= 15 is 0 Å². The third-order valence-corrected chi connectivity index (χ3v) is 8.81. The molecule has 220 valence electrons. The van der Waals surface area contributed by atoms with Crippen LogP contribution in [-0.2, 0) is 4.79 Å². The summed E-state index contributed by atoms with van der Waals surface area (Å²) in [6, 6.07) is 7.61. The maximum absolute atomic E-state index is 12.5. The Balaban J connectivity index is 1.45. The van der Waals surface area contributed by atoms with Gasteiger partial charge in [0.2, 0.25) is 12.5 Å². The SMILES string of the molecule is [C-]#[N+]C[C@H]1CN(c2nc(OC[C@@H]3CCCN3C)nc3nc(-c4cncc5cccc(Cl)c45)c(Cl)cc23)CCN1C(=O)C=C. The van der Waals surface area contributed by atoms with Crippen molar-refractivity contribution in [3.63, 3.8) is 0 Å². The zero-order chi connectivity index (χ0) is 30.1. The molecular formula is C31H30Cl2N8O2. The lowest BCUT2D eigenvalue weighted by atomic mass is 10.0. The lowest BCUT2D eigenvalue weighted by molar-refractivity contribution is -0.128. The highest BCUT2D eigenvalue weighted by molar-refractivity contribution is 6.38. The molecule has 1 amide bonds. The second-order valence-corrected chi connectivity index (χ2v) is 11.6. The Kier molecular flexibility index (Phi) is 8.30. The van der Waals surface area contributed by atoms with Crippen LogP contribution in [0.1, 0.15) is 12.8 Å². The number of fused-ring (bicyclic) bond motifs is 2. The van der Waals surface area contributed by atoms with Gasteiger partial charge in [0.15, 0.2) is 5.65 Å². The average Bonchev–Trinajstić information content (AvgIpc) is 3.43. The molecule has 2 atom stereocenters. The van der Waals surface area contributed by atoms with E-state index in [1.54, 1.807) is 17.3 Å². The van der Waals surface area contributed by atoms with E-state index in [1.807, 2.05) is 24.3 Å². The third-order valence-electron chi connectivity index (χ3n) is 8.21. The van der Waals surface area contributed by atoms with Gasteiger partial charge in [-0.25, -0.2) is 11.6 Å². The normalized spacial score (nSPS) is 19.1. The predicted molar refractivity (Wildman–Crippen MR) is 169 cm³/mol. The van der Waals surface area contributed by atoms with Crippen LogP contribution in [0.25, 0.3) is 37.9 Å². The van der Waals surface area contributed by atoms with Crippen LogP contribution in [0.3, 0.4) is 0 Å². The predicted octanol–water partition coefficient (Wildman–Crippen LogP) is 5.14. The number of halogens is 2. The number of amides is 1. The van der Waals surface area contributed by atoms with Crippen LogP contribution in [0, 0.1) is 6.57 Å². The van der Waals surface area contributed by atoms with Crippen LogP contribution in [0.2, 0.25) is 10.0 Å². The van der Waals surface area contributed by atoms with Crippen molar-refractivity contribution >= 4 is 56.7 Å². The number of nitrogens with zero attached hydrogens (tertiary/aromatic N) is 8. The van der Waals surface area contributed by atoms with Gasteiger partial charge in [0.1, 0.15) is 18.5 Å². The minimum Gasteiger partial charge on any atom is -0.462 e. The molecule has 0 aliphatic carbocycles. The van der Waals surface area contributed by atoms with Gasteiger partial charge in [0, 0.05) is 59.4 Å². The number of carbonyl (C=O) groups is 1. The highest BCUT2D eigenvalue weighted by Crippen LogP contribution is 2.38. The van der Waals surface area contributed by atoms with Gasteiger partial charge >= 0.3 is 6.01 Å². The largest absolute Gasteiger partial charge is 0.462 e. The number of likely N-dealkylation sites (tertiary alicyclic amines) is 1. The Labute approximate surface area is 259 Å². The van der Waals surface area contributed by atoms with Crippen LogP contribution in [0.15, 0.2) is 49.3 Å². The number of aromatic nitrogens is 4. The zero-order valence-electron chi connectivity index (χ0n) is 23.7. The van der Waals surface area contributed by atoms with Gasteiger partial charge in [0.25, 0.3) is 0 Å². The number of benzene rings is 1. The van der Waals surface area contributed by atoms with E-state index < -0.39 is 0 Å². The molecule has 2 fully saturated rings. The van der Waals surface area contributed by atoms with Crippen LogP contribution in [0.4, 0.5) is 5.82 Å². The third kappa shape index (κ3) is 5.68. The molecular weight excluding hydrogens is 587 g/mol. The summed E-state index contributed by atoms with van der Waals surface area (Å²) in [5.74, 6) is 0.401. The van der Waals surface area contributed by atoms with Crippen molar-refractivity contribution in [3.8, 4) is 17.3 Å². The first-order valence-electron chi connectivity index (χ1n) is 14.1. The first-order valence-corrected chi connectivity index (χ1v) is 14.9. The average molecular weight is 618 g/mol. The van der Waals surface area contributed by atoms with Crippen LogP contribution in [0.5, 0.6) is 6.01 Å². The van der Waals surface area contributed by atoms with E-state index in [9.17, 15) is 4.79 Å². The topological polar surface area (TPSA) is 91.9 Å². The quantitative estimate of drug-likeness (QED) is 0.208. The molecule has 5 heterocycles. The molecule has 1 aromatic carbocycles. The summed E-state index contributed by atoms with van der Waals surface area (Å²) in [7, 11) is 2.09. The molecule has 6 rings (SSSR count). The van der Waals surface area contributed by atoms with Crippen LogP contribution < -0.4 is 9.64 Å². The van der Waals surface area contributed by atoms with Crippen LogP contribution in [-0.4, -0.2) is 94.1 Å². The molecule has 2 aliphatic rings. The second-order valence-electron chi connectivity index (χ2n) is 10.8. The van der Waals surface area contributed by atoms with Gasteiger partial charge in [0.05, 0.1) is 16.1 Å². The molecule has 12 heteroatoms. The molecule has 0 spiro atoms. The summed E-state index contributed by atoms with van der Waals surface area (Å²) in [6.45, 7) is 14.1. The summed E-state index contributed by atoms with van der Waals surface area (Å²) in [5, 5.41) is 3.27. The van der Waals surface area contributed by atoms with Crippen molar-refractivity contribution in [2.75, 3.05) is 51.3 Å². The number of hydrogen-bond acceptors (Lipinski definition) is 8. The molecule has 10 nitrogen and oxygen atoms in total. The maximum Gasteiger partial charge on any atom is 0.320 e. The van der Waals surface area contributed by atoms with Gasteiger partial charge in [-0.1, -0.05) is 41.9 Å². The number of likely N-dealkylation sites (N-methyl/N-ethyl adjacent to an activating group) is 1. The molecule has 3 aromatic heterocycles. The number of carbonyl (C=O) groups excluding carboxylic acids is 1. The van der Waals surface area contributed by atoms with Crippen molar-refractivity contribution in [2.45, 2.75) is 24.9 Å². The standard InChI is InChI=1S/C31H30Cl2N8O2/c1-4-26(42)41-12-11-40(17-21(41)15-34-2)30-22-13-25(33)28(23-16-35-14-19-7-5-9-24(32)27(19)23)36-29(22)37-31(38-30)43-18-20-8-6-10-39(20)3/h4-5,7,9,13-14,16,20-21H,1,6,8,10-12,15,17-18H2,3H3/t20-,21-/m0/s1. The molecule has 4 aromatic rings. The fourth-order valence-corrected chi connectivity index (χ4v) is 6.47. The van der Waals surface area contributed by atoms with E-state index in [-0.39, 0.29) is 30.5 Å². The summed E-state index contributed by atoms with van der Waals surface area (Å²) >= 11 is 13.5. The Morgan fingerprint density at radius 1 is 1.16 bits per heavy atom. The second kappa shape index (κ2) is 12.3. The van der Waals surface area contributed by atoms with Gasteiger partial charge in [-0.3, -0.25) is 9.78 Å². The first kappa shape index (κ1) is 29.1. The molecule has 2 saturated heterocycles. The van der Waals surface area contributed by atoms with Gasteiger partial charge in [-0.05, 0) is 44.6 Å². The zero-order valence-corrected chi connectivity index (χ0v) is 25.2. The number of rotatable bonds is 7. The number of hydrogen-bond donors (Lipinski definition) is 0. The fourth-order valence-electron chi connectivity index (χ4n) is 5.94. The fraction of sp³-hybridized carbons (Fsp3) is 0.355. The van der Waals surface area contributed by atoms with Crippen molar-refractivity contribution in [1.29, 1.82) is 0 Å². The molecule has 0 saturated carbocycles. The Morgan fingerprint density at radius 2 is 2.02 bits per heavy atom. The van der Waals surface area contributed by atoms with Crippen molar-refractivity contribution in [3.05, 3.63) is 70.8 Å². The number of pyridine rings is 2. The van der Waals surface area contributed by atoms with Crippen molar-refractivity contribution in [2.24, 2.45) is 0 Å². The van der Waals surface area contributed by atoms with Crippen molar-refractivity contribution in [1.82, 2.24) is 29.7 Å². The van der Waals surface area contributed by atoms with E-state index in [1.165, 1.54) is 6.08 Å². The molecule has 43 heavy (non-hydrogen) atoms. The Hall–Kier alpha value is -4.04. The minimum absolute atomic E-state index is 0.161. The van der Waals surface area contributed by atoms with Gasteiger partial charge < -0.3 is 24.3 Å². The smallest absolute Gasteiger partial charge is 0.320 e. The van der Waals surface area contributed by atoms with Gasteiger partial charge in [-0.2, -0.15) is 9.97 Å². The maximum atomic E-state index is 12.5. The summed E-state index contributed by atoms with van der Waals surface area (Å²) in [5.41, 5.74) is 1.60. The van der Waals surface area contributed by atoms with E-state index in [0.29, 0.717) is 64.4 Å². The number of piperazine rings is 1. The summed E-state index contributed by atoms with van der Waals surface area (Å²) in [6.07, 6.45) is 6.91. The van der Waals surface area contributed by atoms with Crippen molar-refractivity contribution < 1.29 is 9.53 Å². The molecule has 2 aliphatic heterocycles. The van der Waals surface area contributed by atoms with Gasteiger partial charge in [-0.15, -0.1) is 0 Å².